The molecule has 40 heavy (non-hydrogen) atoms. The number of anilines is 1. The van der Waals surface area contributed by atoms with Crippen molar-refractivity contribution in [2.24, 2.45) is 0 Å². The number of aryl methyl sites for hydroxylation is 1. The maximum atomic E-state index is 14.7. The summed E-state index contributed by atoms with van der Waals surface area (Å²) in [5.74, 6) is -1.54. The minimum atomic E-state index is -4.19. The minimum absolute atomic E-state index is 0.00790. The van der Waals surface area contributed by atoms with Crippen LogP contribution in [-0.4, -0.2) is 43.8 Å². The lowest BCUT2D eigenvalue weighted by Crippen LogP contribution is -2.52. The Morgan fingerprint density at radius 3 is 2.25 bits per heavy atom. The van der Waals surface area contributed by atoms with Crippen LogP contribution < -0.4 is 9.62 Å². The topological polar surface area (TPSA) is 86.8 Å². The van der Waals surface area contributed by atoms with E-state index >= 15 is 0 Å². The van der Waals surface area contributed by atoms with Gasteiger partial charge in [-0.25, -0.2) is 12.8 Å². The molecule has 0 spiro atoms. The molecule has 1 aliphatic rings. The first kappa shape index (κ1) is 29.6. The maximum Gasteiger partial charge on any atom is 0.264 e. The molecule has 1 saturated carbocycles. The van der Waals surface area contributed by atoms with Gasteiger partial charge in [-0.3, -0.25) is 13.9 Å². The van der Waals surface area contributed by atoms with Crippen molar-refractivity contribution >= 4 is 39.1 Å². The number of amides is 2. The number of nitrogens with zero attached hydrogens (tertiary/aromatic N) is 2. The van der Waals surface area contributed by atoms with Crippen LogP contribution in [0.15, 0.2) is 77.7 Å². The third-order valence-electron chi connectivity index (χ3n) is 7.17. The molecule has 0 bridgehead atoms. The van der Waals surface area contributed by atoms with E-state index in [0.717, 1.165) is 35.6 Å². The lowest BCUT2D eigenvalue weighted by atomic mass is 10.1. The molecule has 0 saturated heterocycles. The Morgan fingerprint density at radius 1 is 1.00 bits per heavy atom. The highest BCUT2D eigenvalue weighted by Gasteiger charge is 2.33. The van der Waals surface area contributed by atoms with Crippen molar-refractivity contribution in [3.8, 4) is 0 Å². The van der Waals surface area contributed by atoms with Gasteiger partial charge in [-0.05, 0) is 69.2 Å². The predicted octanol–water partition coefficient (Wildman–Crippen LogP) is 5.46. The van der Waals surface area contributed by atoms with E-state index in [4.69, 9.17) is 11.6 Å². The van der Waals surface area contributed by atoms with Crippen molar-refractivity contribution < 1.29 is 22.4 Å². The monoisotopic (exact) mass is 585 g/mol. The first-order valence-electron chi connectivity index (χ1n) is 13.2. The van der Waals surface area contributed by atoms with Gasteiger partial charge in [0.15, 0.2) is 0 Å². The highest BCUT2D eigenvalue weighted by Crippen LogP contribution is 2.26. The molecule has 0 heterocycles. The molecule has 212 valence electrons. The van der Waals surface area contributed by atoms with Crippen LogP contribution in [0.4, 0.5) is 10.1 Å². The third kappa shape index (κ3) is 7.01. The van der Waals surface area contributed by atoms with E-state index in [9.17, 15) is 22.4 Å². The van der Waals surface area contributed by atoms with Gasteiger partial charge in [0, 0.05) is 23.2 Å². The zero-order chi connectivity index (χ0) is 28.9. The van der Waals surface area contributed by atoms with Crippen LogP contribution in [0.3, 0.4) is 0 Å². The second kappa shape index (κ2) is 12.8. The van der Waals surface area contributed by atoms with E-state index < -0.39 is 34.3 Å². The Labute approximate surface area is 240 Å². The van der Waals surface area contributed by atoms with Crippen molar-refractivity contribution in [1.29, 1.82) is 0 Å². The van der Waals surface area contributed by atoms with E-state index in [1.807, 2.05) is 6.92 Å². The van der Waals surface area contributed by atoms with E-state index in [2.05, 4.69) is 5.32 Å². The molecule has 1 N–H and O–H groups in total. The van der Waals surface area contributed by atoms with E-state index in [0.29, 0.717) is 5.02 Å². The minimum Gasteiger partial charge on any atom is -0.352 e. The molecule has 0 aliphatic heterocycles. The molecule has 1 aliphatic carbocycles. The molecule has 1 unspecified atom stereocenters. The molecular formula is C30H33ClFN3O4S. The summed E-state index contributed by atoms with van der Waals surface area (Å²) in [5, 5.41) is 3.40. The van der Waals surface area contributed by atoms with Gasteiger partial charge < -0.3 is 10.2 Å². The number of halogens is 2. The Morgan fingerprint density at radius 2 is 1.62 bits per heavy atom. The van der Waals surface area contributed by atoms with Gasteiger partial charge in [0.25, 0.3) is 10.0 Å². The quantitative estimate of drug-likeness (QED) is 0.342. The van der Waals surface area contributed by atoms with Gasteiger partial charge in [0.05, 0.1) is 10.6 Å². The molecule has 3 aromatic rings. The highest BCUT2D eigenvalue weighted by molar-refractivity contribution is 7.92. The summed E-state index contributed by atoms with van der Waals surface area (Å²) in [7, 11) is -4.19. The molecule has 10 heteroatoms. The zero-order valence-electron chi connectivity index (χ0n) is 22.5. The summed E-state index contributed by atoms with van der Waals surface area (Å²) in [6, 6.07) is 17.5. The van der Waals surface area contributed by atoms with E-state index in [1.54, 1.807) is 25.1 Å². The maximum absolute atomic E-state index is 14.7. The van der Waals surface area contributed by atoms with Crippen LogP contribution in [-0.2, 0) is 26.2 Å². The summed E-state index contributed by atoms with van der Waals surface area (Å²) < 4.78 is 43.3. The van der Waals surface area contributed by atoms with Crippen LogP contribution >= 0.6 is 11.6 Å². The fourth-order valence-corrected chi connectivity index (χ4v) is 6.30. The van der Waals surface area contributed by atoms with Gasteiger partial charge in [-0.1, -0.05) is 60.3 Å². The van der Waals surface area contributed by atoms with Crippen LogP contribution in [0, 0.1) is 12.7 Å². The Balaban J connectivity index is 1.69. The van der Waals surface area contributed by atoms with E-state index in [-0.39, 0.29) is 34.6 Å². The molecule has 1 fully saturated rings. The average molecular weight is 586 g/mol. The molecule has 0 radical (unpaired) electrons. The van der Waals surface area contributed by atoms with Crippen LogP contribution in [0.1, 0.15) is 43.7 Å². The summed E-state index contributed by atoms with van der Waals surface area (Å²) >= 11 is 6.05. The van der Waals surface area contributed by atoms with E-state index in [1.165, 1.54) is 59.5 Å². The van der Waals surface area contributed by atoms with Gasteiger partial charge in [-0.15, -0.1) is 0 Å². The second-order valence-corrected chi connectivity index (χ2v) is 12.4. The third-order valence-corrected chi connectivity index (χ3v) is 9.21. The summed E-state index contributed by atoms with van der Waals surface area (Å²) in [5.41, 5.74) is 1.33. The summed E-state index contributed by atoms with van der Waals surface area (Å²) in [4.78, 5) is 28.4. The van der Waals surface area contributed by atoms with Crippen molar-refractivity contribution in [1.82, 2.24) is 10.2 Å². The number of rotatable bonds is 10. The van der Waals surface area contributed by atoms with Crippen LogP contribution in [0.2, 0.25) is 5.02 Å². The smallest absolute Gasteiger partial charge is 0.264 e. The van der Waals surface area contributed by atoms with Crippen molar-refractivity contribution in [2.75, 3.05) is 10.8 Å². The Bertz CT molecular complexity index is 1440. The molecule has 3 aromatic carbocycles. The van der Waals surface area contributed by atoms with Gasteiger partial charge in [0.1, 0.15) is 18.4 Å². The van der Waals surface area contributed by atoms with Crippen molar-refractivity contribution in [2.45, 2.75) is 63.1 Å². The number of hydrogen-bond acceptors (Lipinski definition) is 4. The molecule has 0 aromatic heterocycles. The number of carbonyl (C=O) groups excluding carboxylic acids is 2. The van der Waals surface area contributed by atoms with Gasteiger partial charge in [0.2, 0.25) is 11.8 Å². The summed E-state index contributed by atoms with van der Waals surface area (Å²) in [6.07, 6.45) is 3.76. The molecule has 2 amide bonds. The van der Waals surface area contributed by atoms with Crippen LogP contribution in [0.25, 0.3) is 0 Å². The molecule has 1 atom stereocenters. The number of nitrogens with one attached hydrogen (secondary N) is 1. The average Bonchev–Trinajstić information content (AvgIpc) is 3.44. The highest BCUT2D eigenvalue weighted by atomic mass is 35.5. The number of benzene rings is 3. The molecular weight excluding hydrogens is 553 g/mol. The number of sulfonamides is 1. The fourth-order valence-electron chi connectivity index (χ4n) is 4.76. The van der Waals surface area contributed by atoms with Crippen molar-refractivity contribution in [3.63, 3.8) is 0 Å². The number of hydrogen-bond donors (Lipinski definition) is 1. The lowest BCUT2D eigenvalue weighted by molar-refractivity contribution is -0.139. The first-order chi connectivity index (χ1) is 19.1. The molecule has 7 nitrogen and oxygen atoms in total. The number of carbonyl (C=O) groups is 2. The Hall–Kier alpha value is -3.43. The SMILES string of the molecule is Cc1ccc(S(=O)(=O)N(CC(=O)N(Cc2ccccc2F)C(C)C(=O)NC2CCCC2)c2ccc(Cl)cc2)cc1. The Kier molecular flexibility index (Phi) is 9.48. The largest absolute Gasteiger partial charge is 0.352 e. The predicted molar refractivity (Wildman–Crippen MR) is 154 cm³/mol. The van der Waals surface area contributed by atoms with Crippen LogP contribution in [0.5, 0.6) is 0 Å². The summed E-state index contributed by atoms with van der Waals surface area (Å²) in [6.45, 7) is 2.61. The second-order valence-electron chi connectivity index (χ2n) is 10.1. The van der Waals surface area contributed by atoms with Gasteiger partial charge in [-0.2, -0.15) is 0 Å². The first-order valence-corrected chi connectivity index (χ1v) is 15.1. The lowest BCUT2D eigenvalue weighted by Gasteiger charge is -2.32. The van der Waals surface area contributed by atoms with Crippen molar-refractivity contribution in [3.05, 3.63) is 94.8 Å². The fraction of sp³-hybridized carbons (Fsp3) is 0.333. The molecule has 4 rings (SSSR count). The van der Waals surface area contributed by atoms with Gasteiger partial charge >= 0.3 is 0 Å². The normalized spacial score (nSPS) is 14.5. The zero-order valence-corrected chi connectivity index (χ0v) is 24.1. The standard InChI is InChI=1S/C30H33ClFN3O4S/c1-21-11-17-27(18-12-21)40(38,39)35(26-15-13-24(31)14-16-26)20-29(36)34(19-23-7-3-6-10-28(23)32)22(2)30(37)33-25-8-4-5-9-25/h3,6-7,10-18,22,25H,4-5,8-9,19-20H2,1-2H3,(H,33,37).